The molecule has 0 spiro atoms. The fraction of sp³-hybridized carbons (Fsp3) is 0.182. The molecule has 154 valence electrons. The van der Waals surface area contributed by atoms with Gasteiger partial charge in [-0.05, 0) is 69.3 Å². The summed E-state index contributed by atoms with van der Waals surface area (Å²) in [7, 11) is 0. The number of ketones is 1. The number of anilines is 1. The molecule has 0 fully saturated rings. The maximum atomic E-state index is 12.2. The molecule has 30 heavy (non-hydrogen) atoms. The van der Waals surface area contributed by atoms with Crippen molar-refractivity contribution in [3.05, 3.63) is 76.1 Å². The van der Waals surface area contributed by atoms with Gasteiger partial charge in [-0.25, -0.2) is 9.48 Å². The number of carbonyl (C=O) groups is 3. The van der Waals surface area contributed by atoms with E-state index in [9.17, 15) is 14.4 Å². The summed E-state index contributed by atoms with van der Waals surface area (Å²) in [5.74, 6) is -1.16. The van der Waals surface area contributed by atoms with Crippen molar-refractivity contribution in [2.24, 2.45) is 0 Å². The third-order valence-corrected chi connectivity index (χ3v) is 5.01. The zero-order valence-electron chi connectivity index (χ0n) is 16.7. The van der Waals surface area contributed by atoms with Crippen LogP contribution in [-0.2, 0) is 9.53 Å². The van der Waals surface area contributed by atoms with Crippen molar-refractivity contribution in [2.75, 3.05) is 11.9 Å². The number of Topliss-reactive ketones (excluding diaryl/α,β-unsaturated/α-hetero) is 1. The quantitative estimate of drug-likeness (QED) is 0.473. The van der Waals surface area contributed by atoms with E-state index in [1.807, 2.05) is 13.8 Å². The van der Waals surface area contributed by atoms with Gasteiger partial charge in [0.2, 0.25) is 0 Å². The summed E-state index contributed by atoms with van der Waals surface area (Å²) in [5, 5.41) is 7.57. The van der Waals surface area contributed by atoms with E-state index in [0.717, 1.165) is 17.1 Å². The first-order chi connectivity index (χ1) is 14.3. The highest BCUT2D eigenvalue weighted by molar-refractivity contribution is 6.31. The molecule has 0 unspecified atom stereocenters. The lowest BCUT2D eigenvalue weighted by Crippen LogP contribution is -2.21. The fourth-order valence-corrected chi connectivity index (χ4v) is 2.93. The van der Waals surface area contributed by atoms with Crippen LogP contribution in [0.2, 0.25) is 5.02 Å². The van der Waals surface area contributed by atoms with E-state index >= 15 is 0 Å². The smallest absolute Gasteiger partial charge is 0.338 e. The van der Waals surface area contributed by atoms with Crippen molar-refractivity contribution in [2.45, 2.75) is 20.8 Å². The average Bonchev–Trinajstić information content (AvgIpc) is 3.00. The number of amides is 1. The van der Waals surface area contributed by atoms with Gasteiger partial charge in [-0.1, -0.05) is 11.6 Å². The Kier molecular flexibility index (Phi) is 6.32. The Labute approximate surface area is 178 Å². The number of aromatic nitrogens is 2. The van der Waals surface area contributed by atoms with E-state index in [1.54, 1.807) is 53.2 Å². The summed E-state index contributed by atoms with van der Waals surface area (Å²) >= 11 is 6.17. The van der Waals surface area contributed by atoms with Crippen molar-refractivity contribution >= 4 is 34.9 Å². The van der Waals surface area contributed by atoms with Gasteiger partial charge in [0.05, 0.1) is 27.7 Å². The molecule has 3 rings (SSSR count). The van der Waals surface area contributed by atoms with Gasteiger partial charge in [-0.15, -0.1) is 0 Å². The number of benzene rings is 2. The number of halogens is 1. The van der Waals surface area contributed by atoms with Crippen molar-refractivity contribution < 1.29 is 19.1 Å². The number of ether oxygens (including phenoxy) is 1. The molecule has 7 nitrogen and oxygen atoms in total. The highest BCUT2D eigenvalue weighted by atomic mass is 35.5. The third-order valence-electron chi connectivity index (χ3n) is 4.46. The zero-order valence-corrected chi connectivity index (χ0v) is 17.5. The topological polar surface area (TPSA) is 90.3 Å². The van der Waals surface area contributed by atoms with Crippen molar-refractivity contribution in [3.63, 3.8) is 0 Å². The molecule has 0 saturated carbocycles. The number of aryl methyl sites for hydroxylation is 1. The molecule has 1 heterocycles. The van der Waals surface area contributed by atoms with E-state index in [0.29, 0.717) is 21.8 Å². The lowest BCUT2D eigenvalue weighted by Gasteiger charge is -2.08. The average molecular weight is 426 g/mol. The fourth-order valence-electron chi connectivity index (χ4n) is 2.81. The molecule has 8 heteroatoms. The summed E-state index contributed by atoms with van der Waals surface area (Å²) in [6, 6.07) is 13.1. The Bertz CT molecular complexity index is 1100. The molecular formula is C22H20ClN3O4. The standard InChI is InChI=1S/C22H20ClN3O4/c1-13-21(23)14(2)26(25-13)19-10-6-17(7-11-19)22(29)30-12-20(28)24-18-8-4-16(5-9-18)15(3)27/h4-11H,12H2,1-3H3,(H,24,28). The molecular weight excluding hydrogens is 406 g/mol. The Morgan fingerprint density at radius 3 is 2.13 bits per heavy atom. The van der Waals surface area contributed by atoms with Crippen LogP contribution in [-0.4, -0.2) is 34.0 Å². The SMILES string of the molecule is CC(=O)c1ccc(NC(=O)COC(=O)c2ccc(-n3nc(C)c(Cl)c3C)cc2)cc1. The highest BCUT2D eigenvalue weighted by Gasteiger charge is 2.13. The highest BCUT2D eigenvalue weighted by Crippen LogP contribution is 2.22. The molecule has 0 radical (unpaired) electrons. The molecule has 0 atom stereocenters. The number of carbonyl (C=O) groups excluding carboxylic acids is 3. The van der Waals surface area contributed by atoms with Gasteiger partial charge in [0.15, 0.2) is 12.4 Å². The third kappa shape index (κ3) is 4.75. The van der Waals surface area contributed by atoms with Crippen molar-refractivity contribution in [1.29, 1.82) is 0 Å². The number of rotatable bonds is 6. The summed E-state index contributed by atoms with van der Waals surface area (Å²) in [5.41, 5.74) is 3.65. The lowest BCUT2D eigenvalue weighted by atomic mass is 10.1. The first-order valence-corrected chi connectivity index (χ1v) is 9.54. The Balaban J connectivity index is 1.57. The molecule has 0 aliphatic carbocycles. The Hall–Kier alpha value is -3.45. The van der Waals surface area contributed by atoms with Crippen LogP contribution in [0.15, 0.2) is 48.5 Å². The van der Waals surface area contributed by atoms with Gasteiger partial charge in [0.1, 0.15) is 0 Å². The van der Waals surface area contributed by atoms with E-state index in [1.165, 1.54) is 6.92 Å². The van der Waals surface area contributed by atoms with E-state index < -0.39 is 18.5 Å². The van der Waals surface area contributed by atoms with Crippen LogP contribution in [0, 0.1) is 13.8 Å². The molecule has 0 aliphatic rings. The monoisotopic (exact) mass is 425 g/mol. The molecule has 0 aliphatic heterocycles. The predicted octanol–water partition coefficient (Wildman–Crippen LogP) is 4.14. The summed E-state index contributed by atoms with van der Waals surface area (Å²) in [6.45, 7) is 4.71. The number of nitrogens with zero attached hydrogens (tertiary/aromatic N) is 2. The second kappa shape index (κ2) is 8.92. The molecule has 1 N–H and O–H groups in total. The van der Waals surface area contributed by atoms with Crippen molar-refractivity contribution in [3.8, 4) is 5.69 Å². The van der Waals surface area contributed by atoms with Crippen LogP contribution in [0.1, 0.15) is 39.0 Å². The molecule has 1 amide bonds. The predicted molar refractivity (Wildman–Crippen MR) is 113 cm³/mol. The number of nitrogens with one attached hydrogen (secondary N) is 1. The largest absolute Gasteiger partial charge is 0.452 e. The summed E-state index contributed by atoms with van der Waals surface area (Å²) < 4.78 is 6.76. The summed E-state index contributed by atoms with van der Waals surface area (Å²) in [4.78, 5) is 35.5. The summed E-state index contributed by atoms with van der Waals surface area (Å²) in [6.07, 6.45) is 0. The zero-order chi connectivity index (χ0) is 21.8. The number of hydrogen-bond acceptors (Lipinski definition) is 5. The molecule has 3 aromatic rings. The van der Waals surface area contributed by atoms with Gasteiger partial charge in [0, 0.05) is 11.3 Å². The van der Waals surface area contributed by atoms with E-state index in [2.05, 4.69) is 10.4 Å². The molecule has 2 aromatic carbocycles. The first kappa shape index (κ1) is 21.3. The van der Waals surface area contributed by atoms with Crippen LogP contribution < -0.4 is 5.32 Å². The van der Waals surface area contributed by atoms with Gasteiger partial charge >= 0.3 is 5.97 Å². The second-order valence-electron chi connectivity index (χ2n) is 6.70. The second-order valence-corrected chi connectivity index (χ2v) is 7.08. The van der Waals surface area contributed by atoms with E-state index in [4.69, 9.17) is 16.3 Å². The Morgan fingerprint density at radius 2 is 1.60 bits per heavy atom. The van der Waals surface area contributed by atoms with Crippen molar-refractivity contribution in [1.82, 2.24) is 9.78 Å². The van der Waals surface area contributed by atoms with Crippen LogP contribution in [0.5, 0.6) is 0 Å². The van der Waals surface area contributed by atoms with Crippen LogP contribution >= 0.6 is 11.6 Å². The molecule has 0 bridgehead atoms. The number of hydrogen-bond donors (Lipinski definition) is 1. The minimum absolute atomic E-state index is 0.0613. The lowest BCUT2D eigenvalue weighted by molar-refractivity contribution is -0.119. The maximum absolute atomic E-state index is 12.2. The van der Waals surface area contributed by atoms with Crippen LogP contribution in [0.25, 0.3) is 5.69 Å². The maximum Gasteiger partial charge on any atom is 0.338 e. The first-order valence-electron chi connectivity index (χ1n) is 9.16. The molecule has 1 aromatic heterocycles. The Morgan fingerprint density at radius 1 is 1.00 bits per heavy atom. The minimum Gasteiger partial charge on any atom is -0.452 e. The van der Waals surface area contributed by atoms with Crippen LogP contribution in [0.3, 0.4) is 0 Å². The normalized spacial score (nSPS) is 10.5. The van der Waals surface area contributed by atoms with Gasteiger partial charge in [-0.2, -0.15) is 5.10 Å². The van der Waals surface area contributed by atoms with E-state index in [-0.39, 0.29) is 5.78 Å². The number of esters is 1. The van der Waals surface area contributed by atoms with Crippen LogP contribution in [0.4, 0.5) is 5.69 Å². The minimum atomic E-state index is -0.616. The van der Waals surface area contributed by atoms with Gasteiger partial charge < -0.3 is 10.1 Å². The van der Waals surface area contributed by atoms with Gasteiger partial charge in [-0.3, -0.25) is 9.59 Å². The molecule has 0 saturated heterocycles. The van der Waals surface area contributed by atoms with Gasteiger partial charge in [0.25, 0.3) is 5.91 Å².